The average molecular weight is 159 g/mol. The molecule has 3 nitrogen and oxygen atoms in total. The normalized spacial score (nSPS) is 29.5. The van der Waals surface area contributed by atoms with Gasteiger partial charge in [-0.3, -0.25) is 0 Å². The number of aliphatic hydroxyl groups is 2. The predicted molar refractivity (Wildman–Crippen MR) is 42.8 cm³/mol. The second kappa shape index (κ2) is 2.73. The molecule has 66 valence electrons. The molecule has 0 aromatic heterocycles. The van der Waals surface area contributed by atoms with E-state index in [0.717, 1.165) is 19.3 Å². The van der Waals surface area contributed by atoms with E-state index in [1.165, 1.54) is 6.92 Å². The van der Waals surface area contributed by atoms with Crippen LogP contribution in [0.3, 0.4) is 0 Å². The van der Waals surface area contributed by atoms with Crippen molar-refractivity contribution in [2.45, 2.75) is 50.4 Å². The van der Waals surface area contributed by atoms with E-state index in [9.17, 15) is 10.2 Å². The molecule has 0 aromatic carbocycles. The minimum Gasteiger partial charge on any atom is -0.385 e. The zero-order chi connectivity index (χ0) is 8.54. The summed E-state index contributed by atoms with van der Waals surface area (Å²) in [6.45, 7) is 1.47. The van der Waals surface area contributed by atoms with Crippen molar-refractivity contribution in [3.05, 3.63) is 0 Å². The van der Waals surface area contributed by atoms with Gasteiger partial charge in [-0.25, -0.2) is 0 Å². The summed E-state index contributed by atoms with van der Waals surface area (Å²) in [7, 11) is 0. The van der Waals surface area contributed by atoms with Crippen LogP contribution in [0.5, 0.6) is 0 Å². The fourth-order valence-corrected chi connectivity index (χ4v) is 1.64. The molecule has 1 aliphatic rings. The lowest BCUT2D eigenvalue weighted by Crippen LogP contribution is -2.59. The van der Waals surface area contributed by atoms with E-state index in [-0.39, 0.29) is 0 Å². The highest BCUT2D eigenvalue weighted by atomic mass is 16.4. The standard InChI is InChI=1S/C8H17NO2/c1-7(9,10)8(11)5-3-2-4-6-8/h10-11H,2-6,9H2,1H3. The van der Waals surface area contributed by atoms with Gasteiger partial charge >= 0.3 is 0 Å². The molecule has 1 saturated carbocycles. The van der Waals surface area contributed by atoms with Gasteiger partial charge < -0.3 is 15.9 Å². The summed E-state index contributed by atoms with van der Waals surface area (Å²) in [6.07, 6.45) is 4.30. The zero-order valence-corrected chi connectivity index (χ0v) is 7.01. The van der Waals surface area contributed by atoms with Gasteiger partial charge in [0, 0.05) is 0 Å². The van der Waals surface area contributed by atoms with Crippen molar-refractivity contribution in [2.75, 3.05) is 0 Å². The molecule has 3 heteroatoms. The fraction of sp³-hybridized carbons (Fsp3) is 1.00. The number of hydrogen-bond acceptors (Lipinski definition) is 3. The average Bonchev–Trinajstić information content (AvgIpc) is 1.87. The quantitative estimate of drug-likeness (QED) is 0.484. The molecule has 0 saturated heterocycles. The third-order valence-corrected chi connectivity index (χ3v) is 2.62. The van der Waals surface area contributed by atoms with Crippen molar-refractivity contribution >= 4 is 0 Å². The van der Waals surface area contributed by atoms with E-state index in [1.807, 2.05) is 0 Å². The summed E-state index contributed by atoms with van der Waals surface area (Å²) in [4.78, 5) is 0. The van der Waals surface area contributed by atoms with Crippen molar-refractivity contribution in [1.29, 1.82) is 0 Å². The van der Waals surface area contributed by atoms with Gasteiger partial charge in [0.05, 0.1) is 0 Å². The van der Waals surface area contributed by atoms with Crippen molar-refractivity contribution < 1.29 is 10.2 Å². The Hall–Kier alpha value is -0.120. The molecule has 1 atom stereocenters. The largest absolute Gasteiger partial charge is 0.385 e. The van der Waals surface area contributed by atoms with Gasteiger partial charge in [0.1, 0.15) is 11.3 Å². The topological polar surface area (TPSA) is 66.5 Å². The SMILES string of the molecule is CC(N)(O)C1(O)CCCCC1. The molecule has 1 fully saturated rings. The van der Waals surface area contributed by atoms with Crippen LogP contribution in [0.25, 0.3) is 0 Å². The van der Waals surface area contributed by atoms with E-state index >= 15 is 0 Å². The van der Waals surface area contributed by atoms with Crippen molar-refractivity contribution in [3.63, 3.8) is 0 Å². The first-order chi connectivity index (χ1) is 4.96. The molecule has 1 unspecified atom stereocenters. The molecule has 1 rings (SSSR count). The fourth-order valence-electron chi connectivity index (χ4n) is 1.64. The van der Waals surface area contributed by atoms with Crippen LogP contribution in [0.4, 0.5) is 0 Å². The highest BCUT2D eigenvalue weighted by Crippen LogP contribution is 2.33. The van der Waals surface area contributed by atoms with E-state index in [1.54, 1.807) is 0 Å². The second-order valence-corrected chi connectivity index (χ2v) is 3.74. The van der Waals surface area contributed by atoms with E-state index in [2.05, 4.69) is 0 Å². The molecule has 0 aliphatic heterocycles. The van der Waals surface area contributed by atoms with Gasteiger partial charge in [0.15, 0.2) is 0 Å². The maximum atomic E-state index is 9.83. The lowest BCUT2D eigenvalue weighted by atomic mass is 9.78. The van der Waals surface area contributed by atoms with E-state index < -0.39 is 11.3 Å². The Morgan fingerprint density at radius 2 is 1.73 bits per heavy atom. The number of nitrogens with two attached hydrogens (primary N) is 1. The molecule has 0 bridgehead atoms. The lowest BCUT2D eigenvalue weighted by Gasteiger charge is -2.41. The molecule has 0 spiro atoms. The number of rotatable bonds is 1. The Balaban J connectivity index is 2.64. The van der Waals surface area contributed by atoms with Crippen LogP contribution in [-0.4, -0.2) is 21.5 Å². The third-order valence-electron chi connectivity index (χ3n) is 2.62. The van der Waals surface area contributed by atoms with Gasteiger partial charge in [0.2, 0.25) is 0 Å². The van der Waals surface area contributed by atoms with Crippen LogP contribution < -0.4 is 5.73 Å². The molecule has 4 N–H and O–H groups in total. The highest BCUT2D eigenvalue weighted by molar-refractivity contribution is 4.94. The van der Waals surface area contributed by atoms with Crippen LogP contribution in [0, 0.1) is 0 Å². The molecule has 0 radical (unpaired) electrons. The van der Waals surface area contributed by atoms with Crippen LogP contribution in [-0.2, 0) is 0 Å². The Bertz CT molecular complexity index is 134. The summed E-state index contributed by atoms with van der Waals surface area (Å²) < 4.78 is 0. The first-order valence-electron chi connectivity index (χ1n) is 4.19. The number of hydrogen-bond donors (Lipinski definition) is 3. The lowest BCUT2D eigenvalue weighted by molar-refractivity contribution is -0.155. The maximum Gasteiger partial charge on any atom is 0.139 e. The van der Waals surface area contributed by atoms with Crippen LogP contribution in [0.1, 0.15) is 39.0 Å². The van der Waals surface area contributed by atoms with Crippen molar-refractivity contribution in [1.82, 2.24) is 0 Å². The van der Waals surface area contributed by atoms with Gasteiger partial charge in [-0.05, 0) is 19.8 Å². The molecule has 0 heterocycles. The van der Waals surface area contributed by atoms with Gasteiger partial charge in [-0.1, -0.05) is 19.3 Å². The Morgan fingerprint density at radius 3 is 2.00 bits per heavy atom. The Morgan fingerprint density at radius 1 is 1.27 bits per heavy atom. The van der Waals surface area contributed by atoms with Crippen LogP contribution >= 0.6 is 0 Å². The maximum absolute atomic E-state index is 9.83. The van der Waals surface area contributed by atoms with Crippen LogP contribution in [0.15, 0.2) is 0 Å². The summed E-state index contributed by atoms with van der Waals surface area (Å²) in [6, 6.07) is 0. The minimum absolute atomic E-state index is 0.622. The highest BCUT2D eigenvalue weighted by Gasteiger charge is 2.43. The van der Waals surface area contributed by atoms with E-state index in [0.29, 0.717) is 12.8 Å². The Labute approximate surface area is 67.2 Å². The van der Waals surface area contributed by atoms with Gasteiger partial charge in [-0.2, -0.15) is 0 Å². The zero-order valence-electron chi connectivity index (χ0n) is 7.01. The molecule has 11 heavy (non-hydrogen) atoms. The van der Waals surface area contributed by atoms with Crippen molar-refractivity contribution in [2.24, 2.45) is 5.73 Å². The smallest absolute Gasteiger partial charge is 0.139 e. The second-order valence-electron chi connectivity index (χ2n) is 3.74. The van der Waals surface area contributed by atoms with Gasteiger partial charge in [0.25, 0.3) is 0 Å². The summed E-state index contributed by atoms with van der Waals surface area (Å²) in [5, 5.41) is 19.3. The first-order valence-corrected chi connectivity index (χ1v) is 4.19. The third kappa shape index (κ3) is 1.72. The summed E-state index contributed by atoms with van der Waals surface area (Å²) >= 11 is 0. The predicted octanol–water partition coefficient (Wildman–Crippen LogP) is 0.349. The van der Waals surface area contributed by atoms with Crippen LogP contribution in [0.2, 0.25) is 0 Å². The molecule has 0 amide bonds. The summed E-state index contributed by atoms with van der Waals surface area (Å²) in [5.74, 6) is 0. The van der Waals surface area contributed by atoms with Gasteiger partial charge in [-0.15, -0.1) is 0 Å². The van der Waals surface area contributed by atoms with E-state index in [4.69, 9.17) is 5.73 Å². The summed E-state index contributed by atoms with van der Waals surface area (Å²) in [5.41, 5.74) is 2.96. The molecular formula is C8H17NO2. The molecular weight excluding hydrogens is 142 g/mol. The van der Waals surface area contributed by atoms with Crippen molar-refractivity contribution in [3.8, 4) is 0 Å². The monoisotopic (exact) mass is 159 g/mol. The Kier molecular flexibility index (Phi) is 2.23. The molecule has 1 aliphatic carbocycles. The molecule has 0 aromatic rings. The first kappa shape index (κ1) is 8.97. The minimum atomic E-state index is -1.44.